The molecule has 3 amide bonds. The third-order valence-corrected chi connectivity index (χ3v) is 6.32. The molecule has 1 spiro atoms. The van der Waals surface area contributed by atoms with E-state index in [0.29, 0.717) is 44.6 Å². The average molecular weight is 447 g/mol. The molecule has 9 heteroatoms. The van der Waals surface area contributed by atoms with E-state index in [2.05, 4.69) is 4.74 Å². The molecule has 0 saturated carbocycles. The monoisotopic (exact) mass is 447 g/mol. The highest BCUT2D eigenvalue weighted by Gasteiger charge is 2.49. The van der Waals surface area contributed by atoms with E-state index < -0.39 is 11.8 Å². The third kappa shape index (κ3) is 4.37. The molecule has 2 saturated heterocycles. The second-order valence-electron chi connectivity index (χ2n) is 8.19. The highest BCUT2D eigenvalue weighted by Crippen LogP contribution is 2.43. The smallest absolute Gasteiger partial charge is 0.406 e. The lowest BCUT2D eigenvalue weighted by molar-refractivity contribution is -0.274. The van der Waals surface area contributed by atoms with Crippen LogP contribution in [0.5, 0.6) is 5.75 Å². The number of alkyl halides is 3. The summed E-state index contributed by atoms with van der Waals surface area (Å²) in [5, 5.41) is 0. The van der Waals surface area contributed by atoms with Gasteiger partial charge in [0.05, 0.1) is 5.41 Å². The van der Waals surface area contributed by atoms with Crippen LogP contribution < -0.4 is 14.5 Å². The van der Waals surface area contributed by atoms with Gasteiger partial charge in [0.1, 0.15) is 5.75 Å². The number of carbonyl (C=O) groups is 2. The third-order valence-electron chi connectivity index (χ3n) is 6.32. The van der Waals surface area contributed by atoms with Crippen LogP contribution in [0.1, 0.15) is 19.3 Å². The molecule has 6 nitrogen and oxygen atoms in total. The maximum atomic E-state index is 13.2. The number of hydrogen-bond donors (Lipinski definition) is 0. The summed E-state index contributed by atoms with van der Waals surface area (Å²) < 4.78 is 41.0. The molecule has 0 radical (unpaired) electrons. The molecule has 170 valence electrons. The van der Waals surface area contributed by atoms with Crippen molar-refractivity contribution in [1.29, 1.82) is 0 Å². The topological polar surface area (TPSA) is 53.1 Å². The van der Waals surface area contributed by atoms with Crippen LogP contribution in [0, 0.1) is 5.41 Å². The number of benzene rings is 2. The van der Waals surface area contributed by atoms with Gasteiger partial charge in [0.15, 0.2) is 0 Å². The van der Waals surface area contributed by atoms with Gasteiger partial charge in [0.2, 0.25) is 5.91 Å². The van der Waals surface area contributed by atoms with Gasteiger partial charge in [-0.3, -0.25) is 9.69 Å². The van der Waals surface area contributed by atoms with Crippen LogP contribution in [-0.2, 0) is 4.79 Å². The molecule has 2 fully saturated rings. The minimum atomic E-state index is -4.75. The first kappa shape index (κ1) is 22.0. The molecule has 4 rings (SSSR count). The molecule has 2 aromatic rings. The Hall–Kier alpha value is -3.23. The van der Waals surface area contributed by atoms with E-state index in [1.165, 1.54) is 24.3 Å². The van der Waals surface area contributed by atoms with E-state index in [1.807, 2.05) is 30.3 Å². The lowest BCUT2D eigenvalue weighted by atomic mass is 9.77. The molecule has 2 aromatic carbocycles. The maximum absolute atomic E-state index is 13.2. The molecule has 2 heterocycles. The first-order chi connectivity index (χ1) is 15.2. The van der Waals surface area contributed by atoms with E-state index in [1.54, 1.807) is 21.7 Å². The van der Waals surface area contributed by atoms with E-state index in [0.717, 1.165) is 5.69 Å². The number of piperidine rings is 1. The highest BCUT2D eigenvalue weighted by molar-refractivity contribution is 6.00. The van der Waals surface area contributed by atoms with Crippen LogP contribution in [-0.4, -0.2) is 49.9 Å². The Balaban J connectivity index is 1.38. The fourth-order valence-electron chi connectivity index (χ4n) is 4.46. The summed E-state index contributed by atoms with van der Waals surface area (Å²) in [6.07, 6.45) is -2.98. The van der Waals surface area contributed by atoms with E-state index in [9.17, 15) is 22.8 Å². The Kier molecular flexibility index (Phi) is 5.75. The molecular formula is C23H24F3N3O3. The number of para-hydroxylation sites is 1. The van der Waals surface area contributed by atoms with Crippen molar-refractivity contribution in [1.82, 2.24) is 4.90 Å². The number of hydrogen-bond acceptors (Lipinski definition) is 3. The molecule has 0 bridgehead atoms. The lowest BCUT2D eigenvalue weighted by Crippen LogP contribution is -2.50. The number of ether oxygens (including phenoxy) is 1. The molecule has 0 atom stereocenters. The quantitative estimate of drug-likeness (QED) is 0.688. The number of carbonyl (C=O) groups excluding carboxylic acids is 2. The molecule has 2 aliphatic rings. The van der Waals surface area contributed by atoms with E-state index in [-0.39, 0.29) is 17.7 Å². The van der Waals surface area contributed by atoms with E-state index >= 15 is 0 Å². The maximum Gasteiger partial charge on any atom is 0.573 e. The largest absolute Gasteiger partial charge is 0.573 e. The fraction of sp³-hybridized carbons (Fsp3) is 0.391. The first-order valence-corrected chi connectivity index (χ1v) is 10.4. The second-order valence-corrected chi connectivity index (χ2v) is 8.19. The zero-order chi connectivity index (χ0) is 22.9. The fourth-order valence-corrected chi connectivity index (χ4v) is 4.46. The SMILES string of the molecule is CN(C(=O)N1CCC2(CC1)CCN(c1ccc(OC(F)(F)F)cc1)C2=O)c1ccccc1. The van der Waals surface area contributed by atoms with Crippen molar-refractivity contribution in [2.75, 3.05) is 36.5 Å². The van der Waals surface area contributed by atoms with Crippen LogP contribution in [0.25, 0.3) is 0 Å². The van der Waals surface area contributed by atoms with Crippen molar-refractivity contribution in [3.05, 3.63) is 54.6 Å². The van der Waals surface area contributed by atoms with Gasteiger partial charge in [-0.2, -0.15) is 0 Å². The van der Waals surface area contributed by atoms with Crippen molar-refractivity contribution < 1.29 is 27.5 Å². The number of nitrogens with zero attached hydrogens (tertiary/aromatic N) is 3. The summed E-state index contributed by atoms with van der Waals surface area (Å²) in [5.41, 5.74) is 0.811. The van der Waals surface area contributed by atoms with Gasteiger partial charge in [0.25, 0.3) is 0 Å². The van der Waals surface area contributed by atoms with Crippen molar-refractivity contribution in [3.8, 4) is 5.75 Å². The minimum Gasteiger partial charge on any atom is -0.406 e. The van der Waals surface area contributed by atoms with Gasteiger partial charge in [-0.05, 0) is 55.7 Å². The van der Waals surface area contributed by atoms with Gasteiger partial charge < -0.3 is 14.5 Å². The number of rotatable bonds is 3. The van der Waals surface area contributed by atoms with Crippen molar-refractivity contribution in [3.63, 3.8) is 0 Å². The molecule has 0 unspecified atom stereocenters. The Morgan fingerprint density at radius 3 is 2.16 bits per heavy atom. The number of amides is 3. The van der Waals surface area contributed by atoms with Crippen molar-refractivity contribution in [2.24, 2.45) is 5.41 Å². The Morgan fingerprint density at radius 2 is 1.56 bits per heavy atom. The number of likely N-dealkylation sites (tertiary alicyclic amines) is 1. The van der Waals surface area contributed by atoms with Gasteiger partial charge in [0, 0.05) is 38.1 Å². The molecule has 0 N–H and O–H groups in total. The number of urea groups is 1. The van der Waals surface area contributed by atoms with Gasteiger partial charge in [-0.15, -0.1) is 13.2 Å². The first-order valence-electron chi connectivity index (χ1n) is 10.4. The molecule has 0 aromatic heterocycles. The van der Waals surface area contributed by atoms with Crippen LogP contribution in [0.15, 0.2) is 54.6 Å². The van der Waals surface area contributed by atoms with Crippen molar-refractivity contribution >= 4 is 23.3 Å². The molecular weight excluding hydrogens is 423 g/mol. The summed E-state index contributed by atoms with van der Waals surface area (Å²) in [7, 11) is 1.73. The molecule has 32 heavy (non-hydrogen) atoms. The lowest BCUT2D eigenvalue weighted by Gasteiger charge is -2.39. The standard InChI is InChI=1S/C23H24F3N3O3/c1-27(17-5-3-2-4-6-17)21(31)28-14-11-22(12-15-28)13-16-29(20(22)30)18-7-9-19(10-8-18)32-23(24,25)26/h2-10H,11-16H2,1H3. The predicted octanol–water partition coefficient (Wildman–Crippen LogP) is 4.66. The van der Waals surface area contributed by atoms with Crippen molar-refractivity contribution in [2.45, 2.75) is 25.6 Å². The van der Waals surface area contributed by atoms with Gasteiger partial charge in [-0.1, -0.05) is 18.2 Å². The van der Waals surface area contributed by atoms with Gasteiger partial charge in [-0.25, -0.2) is 4.79 Å². The van der Waals surface area contributed by atoms with Crippen LogP contribution in [0.4, 0.5) is 29.3 Å². The Labute approximate surface area is 184 Å². The van der Waals surface area contributed by atoms with Crippen LogP contribution in [0.3, 0.4) is 0 Å². The Bertz CT molecular complexity index is 971. The molecule has 2 aliphatic heterocycles. The number of halogens is 3. The Morgan fingerprint density at radius 1 is 0.969 bits per heavy atom. The zero-order valence-electron chi connectivity index (χ0n) is 17.6. The average Bonchev–Trinajstić information content (AvgIpc) is 3.09. The predicted molar refractivity (Wildman–Crippen MR) is 114 cm³/mol. The summed E-state index contributed by atoms with van der Waals surface area (Å²) >= 11 is 0. The summed E-state index contributed by atoms with van der Waals surface area (Å²) in [4.78, 5) is 31.1. The summed E-state index contributed by atoms with van der Waals surface area (Å²) in [6.45, 7) is 1.46. The highest BCUT2D eigenvalue weighted by atomic mass is 19.4. The number of anilines is 2. The zero-order valence-corrected chi connectivity index (χ0v) is 17.6. The second kappa shape index (κ2) is 8.37. The summed E-state index contributed by atoms with van der Waals surface area (Å²) in [5.74, 6) is -0.359. The van der Waals surface area contributed by atoms with Crippen LogP contribution in [0.2, 0.25) is 0 Å². The normalized spacial score (nSPS) is 18.2. The van der Waals surface area contributed by atoms with E-state index in [4.69, 9.17) is 0 Å². The summed E-state index contributed by atoms with van der Waals surface area (Å²) in [6, 6.07) is 14.6. The molecule has 0 aliphatic carbocycles. The van der Waals surface area contributed by atoms with Crippen LogP contribution >= 0.6 is 0 Å². The minimum absolute atomic E-state index is 0.0366. The van der Waals surface area contributed by atoms with Gasteiger partial charge >= 0.3 is 12.4 Å².